The van der Waals surface area contributed by atoms with Gasteiger partial charge in [0.15, 0.2) is 0 Å². The van der Waals surface area contributed by atoms with E-state index in [1.54, 1.807) is 13.8 Å². The Balaban J connectivity index is 1.62. The van der Waals surface area contributed by atoms with E-state index in [1.807, 2.05) is 6.92 Å². The summed E-state index contributed by atoms with van der Waals surface area (Å²) in [6, 6.07) is -1.52. The molecule has 1 aromatic carbocycles. The van der Waals surface area contributed by atoms with Crippen molar-refractivity contribution in [1.82, 2.24) is 15.4 Å². The summed E-state index contributed by atoms with van der Waals surface area (Å²) < 4.78 is 78.5. The highest BCUT2D eigenvalue weighted by atomic mass is 19.4. The minimum Gasteiger partial charge on any atom is -0.381 e. The van der Waals surface area contributed by atoms with Crippen LogP contribution in [0.2, 0.25) is 0 Å². The molecule has 2 amide bonds. The van der Waals surface area contributed by atoms with E-state index in [4.69, 9.17) is 9.26 Å². The number of rotatable bonds is 6. The van der Waals surface area contributed by atoms with Crippen molar-refractivity contribution < 1.29 is 40.8 Å². The number of ether oxygens (including phenoxy) is 1. The van der Waals surface area contributed by atoms with Crippen molar-refractivity contribution in [2.45, 2.75) is 51.9 Å². The average molecular weight is 515 g/mol. The molecule has 2 aliphatic rings. The number of aryl methyl sites for hydroxylation is 1. The van der Waals surface area contributed by atoms with Crippen LogP contribution in [-0.2, 0) is 15.7 Å². The van der Waals surface area contributed by atoms with E-state index < -0.39 is 58.8 Å². The third kappa shape index (κ3) is 4.82. The molecule has 7 nitrogen and oxygen atoms in total. The molecule has 196 valence electrons. The van der Waals surface area contributed by atoms with E-state index in [0.717, 1.165) is 0 Å². The zero-order valence-corrected chi connectivity index (χ0v) is 19.9. The molecule has 2 saturated heterocycles. The standard InChI is InChI=1S/C24H26F5N3O4/c1-4-13-5-19(32(8-13)23(34)21-11(2)12(3)31-36-21)22(33)30-20(14-9-35-10-14)15-6-18(26)16(7-17(15)25)24(27,28)29/h6-7,13-14,19-20H,4-5,8-10H2,1-3H3,(H,30,33)/t13-,19-,20?/m1/s1. The molecule has 3 atom stereocenters. The summed E-state index contributed by atoms with van der Waals surface area (Å²) >= 11 is 0. The number of halogens is 5. The lowest BCUT2D eigenvalue weighted by molar-refractivity contribution is -0.140. The monoisotopic (exact) mass is 515 g/mol. The molecule has 1 aromatic heterocycles. The Labute approximate surface area is 203 Å². The predicted molar refractivity (Wildman–Crippen MR) is 116 cm³/mol. The van der Waals surface area contributed by atoms with E-state index in [9.17, 15) is 31.5 Å². The first kappa shape index (κ1) is 26.1. The second-order valence-electron chi connectivity index (χ2n) is 9.34. The van der Waals surface area contributed by atoms with E-state index in [2.05, 4.69) is 10.5 Å². The minimum absolute atomic E-state index is 0.0137. The van der Waals surface area contributed by atoms with Crippen LogP contribution in [0.1, 0.15) is 58.7 Å². The second kappa shape index (κ2) is 9.79. The number of likely N-dealkylation sites (tertiary alicyclic amines) is 1. The molecule has 2 fully saturated rings. The topological polar surface area (TPSA) is 84.7 Å². The molecule has 4 rings (SSSR count). The van der Waals surface area contributed by atoms with Gasteiger partial charge in [-0.3, -0.25) is 9.59 Å². The fraction of sp³-hybridized carbons (Fsp3) is 0.542. The van der Waals surface area contributed by atoms with Gasteiger partial charge in [0.25, 0.3) is 5.91 Å². The maximum absolute atomic E-state index is 14.8. The van der Waals surface area contributed by atoms with Crippen LogP contribution in [0, 0.1) is 37.3 Å². The largest absolute Gasteiger partial charge is 0.419 e. The van der Waals surface area contributed by atoms with Crippen LogP contribution in [0.15, 0.2) is 16.7 Å². The SMILES string of the molecule is CC[C@@H]1C[C@H](C(=O)NC(c2cc(F)c(C(F)(F)F)cc2F)C2COC2)N(C(=O)c2onc(C)c2C)C1. The summed E-state index contributed by atoms with van der Waals surface area (Å²) in [7, 11) is 0. The fourth-order valence-corrected chi connectivity index (χ4v) is 4.60. The predicted octanol–water partition coefficient (Wildman–Crippen LogP) is 4.33. The van der Waals surface area contributed by atoms with Crippen molar-refractivity contribution in [3.05, 3.63) is 51.9 Å². The van der Waals surface area contributed by atoms with E-state index in [-0.39, 0.29) is 37.5 Å². The van der Waals surface area contributed by atoms with E-state index >= 15 is 0 Å². The van der Waals surface area contributed by atoms with Crippen molar-refractivity contribution in [2.24, 2.45) is 11.8 Å². The average Bonchev–Trinajstić information content (AvgIpc) is 3.36. The van der Waals surface area contributed by atoms with Gasteiger partial charge in [0.2, 0.25) is 11.7 Å². The lowest BCUT2D eigenvalue weighted by Crippen LogP contribution is -2.50. The number of benzene rings is 1. The van der Waals surface area contributed by atoms with Gasteiger partial charge < -0.3 is 19.5 Å². The van der Waals surface area contributed by atoms with Gasteiger partial charge >= 0.3 is 6.18 Å². The highest BCUT2D eigenvalue weighted by Gasteiger charge is 2.43. The van der Waals surface area contributed by atoms with Crippen LogP contribution in [0.4, 0.5) is 22.0 Å². The third-order valence-corrected chi connectivity index (χ3v) is 7.04. The number of amides is 2. The van der Waals surface area contributed by atoms with Gasteiger partial charge in [-0.25, -0.2) is 8.78 Å². The molecule has 1 unspecified atom stereocenters. The van der Waals surface area contributed by atoms with Crippen LogP contribution in [0.5, 0.6) is 0 Å². The lowest BCUT2D eigenvalue weighted by atomic mass is 9.89. The first-order valence-corrected chi connectivity index (χ1v) is 11.6. The fourth-order valence-electron chi connectivity index (χ4n) is 4.60. The summed E-state index contributed by atoms with van der Waals surface area (Å²) in [5.74, 6) is -4.52. The van der Waals surface area contributed by atoms with Crippen LogP contribution in [-0.4, -0.2) is 47.7 Å². The van der Waals surface area contributed by atoms with E-state index in [1.165, 1.54) is 4.90 Å². The van der Waals surface area contributed by atoms with Gasteiger partial charge in [0.05, 0.1) is 30.5 Å². The molecule has 2 aromatic rings. The third-order valence-electron chi connectivity index (χ3n) is 7.04. The van der Waals surface area contributed by atoms with Crippen LogP contribution in [0.3, 0.4) is 0 Å². The molecule has 2 aliphatic heterocycles. The van der Waals surface area contributed by atoms with Crippen molar-refractivity contribution >= 4 is 11.8 Å². The van der Waals surface area contributed by atoms with Crippen molar-refractivity contribution in [3.8, 4) is 0 Å². The first-order valence-electron chi connectivity index (χ1n) is 11.6. The molecule has 36 heavy (non-hydrogen) atoms. The van der Waals surface area contributed by atoms with Gasteiger partial charge in [0, 0.05) is 23.6 Å². The van der Waals surface area contributed by atoms with Gasteiger partial charge in [-0.05, 0) is 38.3 Å². The molecule has 0 bridgehead atoms. The summed E-state index contributed by atoms with van der Waals surface area (Å²) in [5.41, 5.74) is -1.05. The van der Waals surface area contributed by atoms with Crippen LogP contribution in [0.25, 0.3) is 0 Å². The highest BCUT2D eigenvalue weighted by molar-refractivity contribution is 5.97. The van der Waals surface area contributed by atoms with Crippen LogP contribution >= 0.6 is 0 Å². The lowest BCUT2D eigenvalue weighted by Gasteiger charge is -2.36. The minimum atomic E-state index is -5.07. The molecule has 0 aliphatic carbocycles. The van der Waals surface area contributed by atoms with Gasteiger partial charge in [0.1, 0.15) is 17.7 Å². The molecule has 0 radical (unpaired) electrons. The van der Waals surface area contributed by atoms with Crippen molar-refractivity contribution in [1.29, 1.82) is 0 Å². The number of hydrogen-bond donors (Lipinski definition) is 1. The first-order chi connectivity index (χ1) is 16.9. The molecule has 1 N–H and O–H groups in total. The Bertz CT molecular complexity index is 1160. The van der Waals surface area contributed by atoms with Gasteiger partial charge in [-0.1, -0.05) is 18.5 Å². The Kier molecular flexibility index (Phi) is 7.09. The Morgan fingerprint density at radius 2 is 1.89 bits per heavy atom. The van der Waals surface area contributed by atoms with Crippen LogP contribution < -0.4 is 5.32 Å². The Morgan fingerprint density at radius 3 is 2.42 bits per heavy atom. The Morgan fingerprint density at radius 1 is 1.19 bits per heavy atom. The smallest absolute Gasteiger partial charge is 0.381 e. The van der Waals surface area contributed by atoms with E-state index in [0.29, 0.717) is 30.2 Å². The summed E-state index contributed by atoms with van der Waals surface area (Å²) in [4.78, 5) is 28.0. The van der Waals surface area contributed by atoms with Gasteiger partial charge in [-0.15, -0.1) is 0 Å². The summed E-state index contributed by atoms with van der Waals surface area (Å²) in [6.45, 7) is 5.78. The number of hydrogen-bond acceptors (Lipinski definition) is 5. The zero-order chi connectivity index (χ0) is 26.4. The quantitative estimate of drug-likeness (QED) is 0.579. The van der Waals surface area contributed by atoms with Crippen molar-refractivity contribution in [3.63, 3.8) is 0 Å². The number of alkyl halides is 3. The number of nitrogens with zero attached hydrogens (tertiary/aromatic N) is 2. The highest BCUT2D eigenvalue weighted by Crippen LogP contribution is 2.37. The zero-order valence-electron chi connectivity index (χ0n) is 19.9. The molecule has 3 heterocycles. The molecule has 12 heteroatoms. The Hall–Kier alpha value is -3.02. The molecule has 0 spiro atoms. The number of nitrogens with one attached hydrogen (secondary N) is 1. The molecule has 0 saturated carbocycles. The normalized spacial score (nSPS) is 21.4. The van der Waals surface area contributed by atoms with Crippen molar-refractivity contribution in [2.75, 3.05) is 19.8 Å². The molecular weight excluding hydrogens is 489 g/mol. The second-order valence-corrected chi connectivity index (χ2v) is 9.34. The summed E-state index contributed by atoms with van der Waals surface area (Å²) in [5, 5.41) is 6.45. The van der Waals surface area contributed by atoms with Gasteiger partial charge in [-0.2, -0.15) is 13.2 Å². The number of carbonyl (C=O) groups excluding carboxylic acids is 2. The molecular formula is C24H26F5N3O4. The summed E-state index contributed by atoms with van der Waals surface area (Å²) in [6.07, 6.45) is -4.04. The maximum Gasteiger partial charge on any atom is 0.419 e. The number of aromatic nitrogens is 1. The number of carbonyl (C=O) groups is 2. The maximum atomic E-state index is 14.8.